The molecule has 2 aromatic heterocycles. The van der Waals surface area contributed by atoms with Gasteiger partial charge in [0.05, 0.1) is 17.0 Å². The maximum absolute atomic E-state index is 12.2. The summed E-state index contributed by atoms with van der Waals surface area (Å²) in [7, 11) is 0. The summed E-state index contributed by atoms with van der Waals surface area (Å²) in [5.74, 6) is 0.891. The fourth-order valence-electron chi connectivity index (χ4n) is 2.24. The van der Waals surface area contributed by atoms with E-state index in [0.717, 1.165) is 4.88 Å². The van der Waals surface area contributed by atoms with E-state index in [1.54, 1.807) is 31.2 Å². The van der Waals surface area contributed by atoms with Crippen LogP contribution in [0, 0.1) is 6.92 Å². The highest BCUT2D eigenvalue weighted by Gasteiger charge is 2.15. The number of carbonyl (C=O) groups is 2. The van der Waals surface area contributed by atoms with Crippen LogP contribution in [0.4, 0.5) is 5.69 Å². The van der Waals surface area contributed by atoms with Crippen LogP contribution in [0.15, 0.2) is 46.2 Å². The van der Waals surface area contributed by atoms with Crippen LogP contribution in [-0.4, -0.2) is 23.4 Å². The van der Waals surface area contributed by atoms with Crippen molar-refractivity contribution < 1.29 is 18.7 Å². The van der Waals surface area contributed by atoms with Gasteiger partial charge in [0.2, 0.25) is 11.8 Å². The van der Waals surface area contributed by atoms with Crippen LogP contribution in [0.25, 0.3) is 10.8 Å². The second kappa shape index (κ2) is 7.83. The number of nitrogens with zero attached hydrogens (tertiary/aromatic N) is 1. The van der Waals surface area contributed by atoms with Crippen molar-refractivity contribution in [2.24, 2.45) is 5.73 Å². The Morgan fingerprint density at radius 3 is 2.69 bits per heavy atom. The lowest BCUT2D eigenvalue weighted by atomic mass is 10.2. The van der Waals surface area contributed by atoms with Gasteiger partial charge in [-0.3, -0.25) is 9.59 Å². The van der Waals surface area contributed by atoms with E-state index in [-0.39, 0.29) is 18.9 Å². The number of carbonyl (C=O) groups excluding carboxylic acids is 2. The van der Waals surface area contributed by atoms with E-state index in [0.29, 0.717) is 28.8 Å². The number of aromatic nitrogens is 1. The molecule has 0 aliphatic heterocycles. The molecule has 134 valence electrons. The van der Waals surface area contributed by atoms with Gasteiger partial charge < -0.3 is 20.2 Å². The molecule has 8 heteroatoms. The van der Waals surface area contributed by atoms with Crippen molar-refractivity contribution in [1.82, 2.24) is 4.98 Å². The number of hydrogen-bond acceptors (Lipinski definition) is 6. The highest BCUT2D eigenvalue weighted by molar-refractivity contribution is 7.13. The smallest absolute Gasteiger partial charge is 0.255 e. The lowest BCUT2D eigenvalue weighted by molar-refractivity contribution is -0.120. The minimum absolute atomic E-state index is 0.112. The Bertz CT molecular complexity index is 901. The zero-order valence-electron chi connectivity index (χ0n) is 14.0. The minimum atomic E-state index is -0.549. The van der Waals surface area contributed by atoms with Crippen LogP contribution in [-0.2, 0) is 16.0 Å². The Kier molecular flexibility index (Phi) is 5.33. The van der Waals surface area contributed by atoms with Gasteiger partial charge in [-0.15, -0.1) is 11.3 Å². The molecule has 3 N–H and O–H groups in total. The summed E-state index contributed by atoms with van der Waals surface area (Å²) in [6.45, 7) is 1.60. The lowest BCUT2D eigenvalue weighted by Gasteiger charge is -2.07. The fraction of sp³-hybridized carbons (Fsp3) is 0.167. The maximum Gasteiger partial charge on any atom is 0.255 e. The first-order valence-corrected chi connectivity index (χ1v) is 8.70. The molecule has 0 saturated heterocycles. The van der Waals surface area contributed by atoms with Crippen molar-refractivity contribution in [3.63, 3.8) is 0 Å². The summed E-state index contributed by atoms with van der Waals surface area (Å²) in [6, 6.07) is 10.5. The number of nitrogens with two attached hydrogens (primary N) is 1. The second-order valence-corrected chi connectivity index (χ2v) is 6.45. The molecule has 2 amide bonds. The monoisotopic (exact) mass is 371 g/mol. The number of primary amides is 1. The number of ether oxygens (including phenoxy) is 1. The number of oxazole rings is 1. The van der Waals surface area contributed by atoms with Crippen LogP contribution in [0.3, 0.4) is 0 Å². The molecule has 0 fully saturated rings. The molecular weight excluding hydrogens is 354 g/mol. The topological polar surface area (TPSA) is 107 Å². The lowest BCUT2D eigenvalue weighted by Crippen LogP contribution is -2.20. The largest absolute Gasteiger partial charge is 0.484 e. The third-order valence-corrected chi connectivity index (χ3v) is 4.33. The average molecular weight is 371 g/mol. The van der Waals surface area contributed by atoms with Gasteiger partial charge in [-0.1, -0.05) is 6.07 Å². The average Bonchev–Trinajstić information content (AvgIpc) is 3.24. The second-order valence-electron chi connectivity index (χ2n) is 5.50. The summed E-state index contributed by atoms with van der Waals surface area (Å²) < 4.78 is 10.8. The van der Waals surface area contributed by atoms with Crippen LogP contribution < -0.4 is 15.8 Å². The molecule has 2 heterocycles. The molecule has 0 saturated carbocycles. The molecule has 0 bridgehead atoms. The molecule has 0 aliphatic carbocycles. The van der Waals surface area contributed by atoms with Crippen LogP contribution in [0.2, 0.25) is 0 Å². The molecule has 0 spiro atoms. The number of rotatable bonds is 7. The Labute approximate surface area is 153 Å². The van der Waals surface area contributed by atoms with Gasteiger partial charge >= 0.3 is 0 Å². The van der Waals surface area contributed by atoms with Crippen molar-refractivity contribution in [2.45, 2.75) is 13.3 Å². The van der Waals surface area contributed by atoms with Gasteiger partial charge in [0.1, 0.15) is 11.5 Å². The maximum atomic E-state index is 12.2. The highest BCUT2D eigenvalue weighted by Crippen LogP contribution is 2.26. The third-order valence-electron chi connectivity index (χ3n) is 3.47. The Hall–Kier alpha value is -3.13. The van der Waals surface area contributed by atoms with Crippen LogP contribution in [0.1, 0.15) is 11.5 Å². The van der Waals surface area contributed by atoms with Gasteiger partial charge in [-0.05, 0) is 42.6 Å². The fourth-order valence-corrected chi connectivity index (χ4v) is 2.89. The first-order chi connectivity index (χ1) is 12.5. The van der Waals surface area contributed by atoms with Gasteiger partial charge in [-0.25, -0.2) is 4.98 Å². The van der Waals surface area contributed by atoms with Crippen LogP contribution in [0.5, 0.6) is 5.75 Å². The molecule has 26 heavy (non-hydrogen) atoms. The van der Waals surface area contributed by atoms with E-state index >= 15 is 0 Å². The first-order valence-electron chi connectivity index (χ1n) is 7.82. The van der Waals surface area contributed by atoms with E-state index in [4.69, 9.17) is 14.9 Å². The summed E-state index contributed by atoms with van der Waals surface area (Å²) >= 11 is 1.53. The van der Waals surface area contributed by atoms with Crippen molar-refractivity contribution in [2.75, 3.05) is 11.9 Å². The normalized spacial score (nSPS) is 10.5. The third kappa shape index (κ3) is 4.48. The summed E-state index contributed by atoms with van der Waals surface area (Å²) in [6.07, 6.45) is 0.112. The van der Waals surface area contributed by atoms with Gasteiger partial charge in [-0.2, -0.15) is 0 Å². The molecule has 0 aliphatic rings. The molecule has 0 radical (unpaired) electrons. The first kappa shape index (κ1) is 17.7. The van der Waals surface area contributed by atoms with Gasteiger partial charge in [0.15, 0.2) is 6.61 Å². The van der Waals surface area contributed by atoms with E-state index in [2.05, 4.69) is 10.3 Å². The summed E-state index contributed by atoms with van der Waals surface area (Å²) in [5, 5.41) is 4.73. The van der Waals surface area contributed by atoms with E-state index in [1.807, 2.05) is 17.5 Å². The van der Waals surface area contributed by atoms with E-state index < -0.39 is 5.91 Å². The number of anilines is 1. The number of hydrogen-bond donors (Lipinski definition) is 2. The summed E-state index contributed by atoms with van der Waals surface area (Å²) in [5.41, 5.74) is 6.24. The molecule has 7 nitrogen and oxygen atoms in total. The van der Waals surface area contributed by atoms with Crippen molar-refractivity contribution in [3.8, 4) is 16.5 Å². The SMILES string of the molecule is Cc1oc(-c2cccs2)nc1CC(=O)Nc1ccc(OCC(N)=O)cc1. The number of thiophene rings is 1. The molecule has 0 atom stereocenters. The zero-order valence-corrected chi connectivity index (χ0v) is 14.8. The van der Waals surface area contributed by atoms with Crippen molar-refractivity contribution in [1.29, 1.82) is 0 Å². The molecule has 0 unspecified atom stereocenters. The number of amides is 2. The molecule has 1 aromatic carbocycles. The Balaban J connectivity index is 1.60. The Morgan fingerprint density at radius 1 is 1.27 bits per heavy atom. The Morgan fingerprint density at radius 2 is 2.04 bits per heavy atom. The molecule has 3 rings (SSSR count). The minimum Gasteiger partial charge on any atom is -0.484 e. The van der Waals surface area contributed by atoms with Crippen molar-refractivity contribution >= 4 is 28.8 Å². The number of aryl methyl sites for hydroxylation is 1. The number of nitrogens with one attached hydrogen (secondary N) is 1. The highest BCUT2D eigenvalue weighted by atomic mass is 32.1. The van der Waals surface area contributed by atoms with Gasteiger partial charge in [0.25, 0.3) is 5.91 Å². The van der Waals surface area contributed by atoms with Crippen molar-refractivity contribution in [3.05, 3.63) is 53.2 Å². The summed E-state index contributed by atoms with van der Waals surface area (Å²) in [4.78, 5) is 28.3. The molecular formula is C18H17N3O4S. The van der Waals surface area contributed by atoms with Crippen LogP contribution >= 0.6 is 11.3 Å². The van der Waals surface area contributed by atoms with Gasteiger partial charge in [0, 0.05) is 5.69 Å². The predicted octanol–water partition coefficient (Wildman–Crippen LogP) is 2.76. The van der Waals surface area contributed by atoms with E-state index in [1.165, 1.54) is 11.3 Å². The zero-order chi connectivity index (χ0) is 18.5. The standard InChI is InChI=1S/C18H17N3O4S/c1-11-14(21-18(25-11)15-3-2-8-26-15)9-17(23)20-12-4-6-13(7-5-12)24-10-16(19)22/h2-8H,9-10H2,1H3,(H2,19,22)(H,20,23). The molecule has 3 aromatic rings. The predicted molar refractivity (Wildman–Crippen MR) is 98.0 cm³/mol. The quantitative estimate of drug-likeness (QED) is 0.664. The number of benzene rings is 1. The van der Waals surface area contributed by atoms with E-state index in [9.17, 15) is 9.59 Å².